The van der Waals surface area contributed by atoms with Crippen LogP contribution in [0.5, 0.6) is 5.75 Å². The maximum Gasteiger partial charge on any atom is 0.115 e. The first-order valence-electron chi connectivity index (χ1n) is 7.47. The molecule has 1 saturated heterocycles. The van der Waals surface area contributed by atoms with Gasteiger partial charge < -0.3 is 10.4 Å². The van der Waals surface area contributed by atoms with Crippen molar-refractivity contribution in [2.24, 2.45) is 0 Å². The molecule has 3 nitrogen and oxygen atoms in total. The van der Waals surface area contributed by atoms with Gasteiger partial charge in [0.15, 0.2) is 0 Å². The minimum absolute atomic E-state index is 0.341. The van der Waals surface area contributed by atoms with E-state index in [1.807, 2.05) is 12.1 Å². The lowest BCUT2D eigenvalue weighted by Gasteiger charge is -2.34. The Morgan fingerprint density at radius 1 is 1.32 bits per heavy atom. The lowest BCUT2D eigenvalue weighted by atomic mass is 10.0. The fraction of sp³-hybridized carbons (Fsp3) is 0.625. The Balaban J connectivity index is 1.97. The van der Waals surface area contributed by atoms with Crippen molar-refractivity contribution in [1.29, 1.82) is 0 Å². The number of piperidine rings is 1. The van der Waals surface area contributed by atoms with Gasteiger partial charge in [0.25, 0.3) is 0 Å². The average molecular weight is 262 g/mol. The van der Waals surface area contributed by atoms with E-state index < -0.39 is 0 Å². The van der Waals surface area contributed by atoms with E-state index in [4.69, 9.17) is 0 Å². The van der Waals surface area contributed by atoms with Crippen molar-refractivity contribution in [2.45, 2.75) is 45.2 Å². The van der Waals surface area contributed by atoms with Crippen LogP contribution in [0.3, 0.4) is 0 Å². The number of hydrogen-bond donors (Lipinski definition) is 2. The maximum absolute atomic E-state index is 9.37. The molecule has 1 heterocycles. The quantitative estimate of drug-likeness (QED) is 0.856. The Morgan fingerprint density at radius 2 is 2.05 bits per heavy atom. The highest BCUT2D eigenvalue weighted by Gasteiger charge is 2.20. The van der Waals surface area contributed by atoms with Gasteiger partial charge in [0.2, 0.25) is 0 Å². The molecule has 2 unspecified atom stereocenters. The zero-order chi connectivity index (χ0) is 13.7. The molecule has 0 radical (unpaired) electrons. The second-order valence-corrected chi connectivity index (χ2v) is 5.50. The Morgan fingerprint density at radius 3 is 2.63 bits per heavy atom. The molecule has 2 rings (SSSR count). The first kappa shape index (κ1) is 14.4. The molecule has 1 aliphatic heterocycles. The van der Waals surface area contributed by atoms with E-state index in [0.717, 1.165) is 19.6 Å². The van der Waals surface area contributed by atoms with Crippen molar-refractivity contribution in [3.05, 3.63) is 29.8 Å². The summed E-state index contributed by atoms with van der Waals surface area (Å²) in [6.07, 6.45) is 3.96. The number of likely N-dealkylation sites (N-methyl/N-ethyl adjacent to an activating group) is 1. The van der Waals surface area contributed by atoms with Gasteiger partial charge >= 0.3 is 0 Å². The normalized spacial score (nSPS) is 21.5. The molecule has 1 aromatic carbocycles. The fourth-order valence-corrected chi connectivity index (χ4v) is 2.89. The minimum atomic E-state index is 0.341. The average Bonchev–Trinajstić information content (AvgIpc) is 2.46. The molecular formula is C16H26N2O. The summed E-state index contributed by atoms with van der Waals surface area (Å²) in [4.78, 5) is 2.51. The second kappa shape index (κ2) is 6.92. The molecule has 2 atom stereocenters. The van der Waals surface area contributed by atoms with Crippen LogP contribution in [0.4, 0.5) is 0 Å². The monoisotopic (exact) mass is 262 g/mol. The third kappa shape index (κ3) is 3.95. The number of phenolic OH excluding ortho intramolecular Hbond substituents is 1. The molecule has 0 saturated carbocycles. The number of nitrogens with zero attached hydrogens (tertiary/aromatic N) is 1. The SMILES string of the molecule is CCN(CC1CCCCN1)C(C)c1ccc(O)cc1. The Kier molecular flexibility index (Phi) is 5.23. The first-order valence-corrected chi connectivity index (χ1v) is 7.47. The zero-order valence-corrected chi connectivity index (χ0v) is 12.1. The highest BCUT2D eigenvalue weighted by Crippen LogP contribution is 2.23. The van der Waals surface area contributed by atoms with Crippen molar-refractivity contribution >= 4 is 0 Å². The van der Waals surface area contributed by atoms with Crippen LogP contribution in [-0.4, -0.2) is 35.7 Å². The predicted molar refractivity (Wildman–Crippen MR) is 79.4 cm³/mol. The fourth-order valence-electron chi connectivity index (χ4n) is 2.89. The lowest BCUT2D eigenvalue weighted by Crippen LogP contribution is -2.44. The number of phenols is 1. The van der Waals surface area contributed by atoms with Crippen LogP contribution in [0, 0.1) is 0 Å². The van der Waals surface area contributed by atoms with Gasteiger partial charge in [0.05, 0.1) is 0 Å². The van der Waals surface area contributed by atoms with Crippen LogP contribution < -0.4 is 5.32 Å². The highest BCUT2D eigenvalue weighted by atomic mass is 16.3. The van der Waals surface area contributed by atoms with Gasteiger partial charge in [-0.05, 0) is 50.6 Å². The second-order valence-electron chi connectivity index (χ2n) is 5.50. The van der Waals surface area contributed by atoms with Gasteiger partial charge in [-0.15, -0.1) is 0 Å². The van der Waals surface area contributed by atoms with Crippen LogP contribution in [0.15, 0.2) is 24.3 Å². The van der Waals surface area contributed by atoms with Gasteiger partial charge in [-0.1, -0.05) is 25.5 Å². The van der Waals surface area contributed by atoms with E-state index >= 15 is 0 Å². The summed E-state index contributed by atoms with van der Waals surface area (Å²) < 4.78 is 0. The van der Waals surface area contributed by atoms with Gasteiger partial charge in [0.1, 0.15) is 5.75 Å². The summed E-state index contributed by atoms with van der Waals surface area (Å²) in [7, 11) is 0. The topological polar surface area (TPSA) is 35.5 Å². The Hall–Kier alpha value is -1.06. The van der Waals surface area contributed by atoms with E-state index in [1.54, 1.807) is 12.1 Å². The molecule has 0 aromatic heterocycles. The third-order valence-corrected chi connectivity index (χ3v) is 4.20. The largest absolute Gasteiger partial charge is 0.508 e. The number of aromatic hydroxyl groups is 1. The molecule has 3 heteroatoms. The van der Waals surface area contributed by atoms with Crippen LogP contribution >= 0.6 is 0 Å². The molecule has 1 fully saturated rings. The summed E-state index contributed by atoms with van der Waals surface area (Å²) >= 11 is 0. The molecule has 19 heavy (non-hydrogen) atoms. The van der Waals surface area contributed by atoms with Crippen molar-refractivity contribution in [2.75, 3.05) is 19.6 Å². The molecule has 2 N–H and O–H groups in total. The molecule has 1 aromatic rings. The molecule has 106 valence electrons. The molecule has 0 aliphatic carbocycles. The number of nitrogens with one attached hydrogen (secondary N) is 1. The van der Waals surface area contributed by atoms with Crippen molar-refractivity contribution in [1.82, 2.24) is 10.2 Å². The molecule has 1 aliphatic rings. The van der Waals surface area contributed by atoms with E-state index in [0.29, 0.717) is 17.8 Å². The van der Waals surface area contributed by atoms with Crippen LogP contribution in [0.2, 0.25) is 0 Å². The molecule has 0 amide bonds. The van der Waals surface area contributed by atoms with Crippen molar-refractivity contribution in [3.8, 4) is 5.75 Å². The van der Waals surface area contributed by atoms with Gasteiger partial charge in [-0.3, -0.25) is 4.90 Å². The molecule has 0 spiro atoms. The summed E-state index contributed by atoms with van der Waals surface area (Å²) in [5.41, 5.74) is 1.27. The van der Waals surface area contributed by atoms with Crippen LogP contribution in [0.1, 0.15) is 44.7 Å². The van der Waals surface area contributed by atoms with E-state index in [2.05, 4.69) is 24.1 Å². The first-order chi connectivity index (χ1) is 9.20. The highest BCUT2D eigenvalue weighted by molar-refractivity contribution is 5.27. The maximum atomic E-state index is 9.37. The van der Waals surface area contributed by atoms with Gasteiger partial charge in [-0.25, -0.2) is 0 Å². The van der Waals surface area contributed by atoms with Gasteiger partial charge in [0, 0.05) is 18.6 Å². The van der Waals surface area contributed by atoms with E-state index in [1.165, 1.54) is 24.8 Å². The number of rotatable bonds is 5. The van der Waals surface area contributed by atoms with Crippen molar-refractivity contribution in [3.63, 3.8) is 0 Å². The zero-order valence-electron chi connectivity index (χ0n) is 12.1. The van der Waals surface area contributed by atoms with E-state index in [9.17, 15) is 5.11 Å². The van der Waals surface area contributed by atoms with E-state index in [-0.39, 0.29) is 0 Å². The third-order valence-electron chi connectivity index (χ3n) is 4.20. The Labute approximate surface area is 116 Å². The lowest BCUT2D eigenvalue weighted by molar-refractivity contribution is 0.184. The molecular weight excluding hydrogens is 236 g/mol. The minimum Gasteiger partial charge on any atom is -0.508 e. The standard InChI is InChI=1S/C16H26N2O/c1-3-18(12-15-6-4-5-11-17-15)13(2)14-7-9-16(19)10-8-14/h7-10,13,15,17,19H,3-6,11-12H2,1-2H3. The number of benzene rings is 1. The summed E-state index contributed by atoms with van der Waals surface area (Å²) in [5.74, 6) is 0.341. The number of hydrogen-bond acceptors (Lipinski definition) is 3. The van der Waals surface area contributed by atoms with Crippen LogP contribution in [0.25, 0.3) is 0 Å². The summed E-state index contributed by atoms with van der Waals surface area (Å²) in [5, 5.41) is 13.0. The molecule has 0 bridgehead atoms. The smallest absolute Gasteiger partial charge is 0.115 e. The van der Waals surface area contributed by atoms with Crippen molar-refractivity contribution < 1.29 is 5.11 Å². The predicted octanol–water partition coefficient (Wildman–Crippen LogP) is 2.92. The van der Waals surface area contributed by atoms with Gasteiger partial charge in [-0.2, -0.15) is 0 Å². The van der Waals surface area contributed by atoms with Crippen LogP contribution in [-0.2, 0) is 0 Å². The summed E-state index contributed by atoms with van der Waals surface area (Å²) in [6, 6.07) is 8.63. The summed E-state index contributed by atoms with van der Waals surface area (Å²) in [6.45, 7) is 7.80. The Bertz CT molecular complexity index is 371.